The molecule has 0 spiro atoms. The summed E-state index contributed by atoms with van der Waals surface area (Å²) >= 11 is 7.78. The largest absolute Gasteiger partial charge is 0.379 e. The van der Waals surface area contributed by atoms with Gasteiger partial charge in [-0.05, 0) is 37.1 Å². The molecule has 1 fully saturated rings. The lowest BCUT2D eigenvalue weighted by atomic mass is 10.2. The number of amides is 1. The Morgan fingerprint density at radius 1 is 1.21 bits per heavy atom. The van der Waals surface area contributed by atoms with Crippen molar-refractivity contribution in [2.24, 2.45) is 0 Å². The summed E-state index contributed by atoms with van der Waals surface area (Å²) in [6.45, 7) is 7.90. The first kappa shape index (κ1) is 25.1. The van der Waals surface area contributed by atoms with Crippen molar-refractivity contribution in [2.45, 2.75) is 25.2 Å². The number of aromatic nitrogens is 1. The number of hydrogen-bond donors (Lipinski definition) is 0. The predicted molar refractivity (Wildman–Crippen MR) is 137 cm³/mol. The second-order valence-electron chi connectivity index (χ2n) is 8.20. The summed E-state index contributed by atoms with van der Waals surface area (Å²) in [4.78, 5) is 22.5. The number of anilines is 1. The summed E-state index contributed by atoms with van der Waals surface area (Å²) in [7, 11) is -3.57. The van der Waals surface area contributed by atoms with E-state index in [1.54, 1.807) is 30.0 Å². The van der Waals surface area contributed by atoms with Gasteiger partial charge in [0.15, 0.2) is 15.0 Å². The van der Waals surface area contributed by atoms with Gasteiger partial charge in [0.1, 0.15) is 0 Å². The van der Waals surface area contributed by atoms with Gasteiger partial charge in [0, 0.05) is 26.2 Å². The molecule has 34 heavy (non-hydrogen) atoms. The minimum atomic E-state index is -3.57. The van der Waals surface area contributed by atoms with Crippen LogP contribution >= 0.6 is 22.9 Å². The van der Waals surface area contributed by atoms with Crippen LogP contribution in [0.25, 0.3) is 10.2 Å². The summed E-state index contributed by atoms with van der Waals surface area (Å²) in [6, 6.07) is 10.1. The van der Waals surface area contributed by atoms with E-state index in [1.807, 2.05) is 19.1 Å². The molecule has 10 heteroatoms. The Morgan fingerprint density at radius 2 is 1.94 bits per heavy atom. The average Bonchev–Trinajstić information content (AvgIpc) is 3.31. The van der Waals surface area contributed by atoms with Crippen molar-refractivity contribution in [1.82, 2.24) is 9.88 Å². The number of rotatable bonds is 8. The molecule has 0 unspecified atom stereocenters. The van der Waals surface area contributed by atoms with Gasteiger partial charge in [0.2, 0.25) is 0 Å². The molecular formula is C24H28ClN3O4S2. The average molecular weight is 522 g/mol. The van der Waals surface area contributed by atoms with Gasteiger partial charge in [0.05, 0.1) is 44.7 Å². The van der Waals surface area contributed by atoms with Gasteiger partial charge in [-0.25, -0.2) is 13.4 Å². The van der Waals surface area contributed by atoms with E-state index in [4.69, 9.17) is 21.3 Å². The number of sulfone groups is 1. The Hall–Kier alpha value is -2.04. The SMILES string of the molecule is CCS(=O)(=O)c1ccccc1C(=O)N(CCCN1CCOCC1)c1nc2c(C)ccc(Cl)c2s1. The number of aryl methyl sites for hydroxylation is 1. The maximum Gasteiger partial charge on any atom is 0.261 e. The number of benzene rings is 2. The lowest BCUT2D eigenvalue weighted by molar-refractivity contribution is 0.0376. The molecule has 7 nitrogen and oxygen atoms in total. The van der Waals surface area contributed by atoms with Crippen LogP contribution in [-0.2, 0) is 14.6 Å². The molecule has 4 rings (SSSR count). The summed E-state index contributed by atoms with van der Waals surface area (Å²) in [5, 5.41) is 1.10. The van der Waals surface area contributed by atoms with E-state index in [2.05, 4.69) is 4.90 Å². The van der Waals surface area contributed by atoms with E-state index < -0.39 is 9.84 Å². The fraction of sp³-hybridized carbons (Fsp3) is 0.417. The van der Waals surface area contributed by atoms with Crippen LogP contribution in [0.3, 0.4) is 0 Å². The summed E-state index contributed by atoms with van der Waals surface area (Å²) < 4.78 is 31.7. The third-order valence-corrected chi connectivity index (χ3v) is 9.28. The molecule has 0 saturated carbocycles. The van der Waals surface area contributed by atoms with Crippen LogP contribution < -0.4 is 4.90 Å². The molecule has 2 heterocycles. The Balaban J connectivity index is 1.70. The van der Waals surface area contributed by atoms with Crippen LogP contribution in [0.15, 0.2) is 41.3 Å². The van der Waals surface area contributed by atoms with Crippen molar-refractivity contribution in [3.8, 4) is 0 Å². The van der Waals surface area contributed by atoms with Gasteiger partial charge < -0.3 is 4.74 Å². The number of hydrogen-bond acceptors (Lipinski definition) is 7. The molecule has 1 aliphatic rings. The van der Waals surface area contributed by atoms with Gasteiger partial charge in [0.25, 0.3) is 5.91 Å². The van der Waals surface area contributed by atoms with Crippen molar-refractivity contribution >= 4 is 54.0 Å². The van der Waals surface area contributed by atoms with Crippen molar-refractivity contribution in [3.63, 3.8) is 0 Å². The molecule has 1 aromatic heterocycles. The summed E-state index contributed by atoms with van der Waals surface area (Å²) in [6.07, 6.45) is 0.719. The van der Waals surface area contributed by atoms with Crippen LogP contribution in [0.2, 0.25) is 5.02 Å². The van der Waals surface area contributed by atoms with E-state index in [1.165, 1.54) is 17.4 Å². The first-order valence-corrected chi connectivity index (χ1v) is 14.2. The normalized spacial score (nSPS) is 15.0. The maximum atomic E-state index is 13.8. The molecular weight excluding hydrogens is 494 g/mol. The predicted octanol–water partition coefficient (Wildman–Crippen LogP) is 4.42. The highest BCUT2D eigenvalue weighted by Gasteiger charge is 2.27. The zero-order valence-corrected chi connectivity index (χ0v) is 21.7. The Morgan fingerprint density at radius 3 is 2.65 bits per heavy atom. The second kappa shape index (κ2) is 10.7. The highest BCUT2D eigenvalue weighted by molar-refractivity contribution is 7.91. The monoisotopic (exact) mass is 521 g/mol. The lowest BCUT2D eigenvalue weighted by Gasteiger charge is -2.28. The number of fused-ring (bicyclic) bond motifs is 1. The van der Waals surface area contributed by atoms with Crippen molar-refractivity contribution in [1.29, 1.82) is 0 Å². The molecule has 0 atom stereocenters. The smallest absolute Gasteiger partial charge is 0.261 e. The summed E-state index contributed by atoms with van der Waals surface area (Å²) in [5.74, 6) is -0.452. The minimum absolute atomic E-state index is 0.0519. The van der Waals surface area contributed by atoms with Gasteiger partial charge in [-0.2, -0.15) is 0 Å². The van der Waals surface area contributed by atoms with Gasteiger partial charge in [-0.1, -0.05) is 48.1 Å². The first-order chi connectivity index (χ1) is 16.3. The molecule has 0 bridgehead atoms. The number of carbonyl (C=O) groups is 1. The third kappa shape index (κ3) is 5.28. The molecule has 2 aromatic carbocycles. The Labute approximate surface area is 209 Å². The lowest BCUT2D eigenvalue weighted by Crippen LogP contribution is -2.39. The van der Waals surface area contributed by atoms with Gasteiger partial charge in [-0.15, -0.1) is 0 Å². The van der Waals surface area contributed by atoms with Crippen LogP contribution in [0.4, 0.5) is 5.13 Å². The van der Waals surface area contributed by atoms with E-state index in [9.17, 15) is 13.2 Å². The second-order valence-corrected chi connectivity index (χ2v) is 11.8. The zero-order valence-electron chi connectivity index (χ0n) is 19.3. The highest BCUT2D eigenvalue weighted by atomic mass is 35.5. The van der Waals surface area contributed by atoms with E-state index in [0.717, 1.165) is 41.8 Å². The quantitative estimate of drug-likeness (QED) is 0.436. The van der Waals surface area contributed by atoms with Gasteiger partial charge in [-0.3, -0.25) is 14.6 Å². The molecule has 0 radical (unpaired) electrons. The maximum absolute atomic E-state index is 13.8. The topological polar surface area (TPSA) is 79.8 Å². The van der Waals surface area contributed by atoms with Crippen molar-refractivity contribution < 1.29 is 17.9 Å². The Kier molecular flexibility index (Phi) is 7.89. The van der Waals surface area contributed by atoms with E-state index in [-0.39, 0.29) is 22.1 Å². The highest BCUT2D eigenvalue weighted by Crippen LogP contribution is 2.36. The van der Waals surface area contributed by atoms with Crippen LogP contribution in [-0.4, -0.2) is 69.4 Å². The fourth-order valence-corrected chi connectivity index (χ4v) is 6.41. The molecule has 0 N–H and O–H groups in total. The molecule has 182 valence electrons. The van der Waals surface area contributed by atoms with Crippen LogP contribution in [0.5, 0.6) is 0 Å². The van der Waals surface area contributed by atoms with E-state index >= 15 is 0 Å². The van der Waals surface area contributed by atoms with Crippen molar-refractivity contribution in [2.75, 3.05) is 50.0 Å². The number of carbonyl (C=O) groups excluding carboxylic acids is 1. The number of thiazole rings is 1. The summed E-state index contributed by atoms with van der Waals surface area (Å²) in [5.41, 5.74) is 1.89. The first-order valence-electron chi connectivity index (χ1n) is 11.3. The van der Waals surface area contributed by atoms with Crippen molar-refractivity contribution in [3.05, 3.63) is 52.5 Å². The number of halogens is 1. The van der Waals surface area contributed by atoms with Crippen LogP contribution in [0, 0.1) is 6.92 Å². The standard InChI is InChI=1S/C24H28ClN3O4S2/c1-3-34(30,31)20-8-5-4-7-18(20)23(29)28(12-6-11-27-13-15-32-16-14-27)24-26-21-17(2)9-10-19(25)22(21)33-24/h4-5,7-10H,3,6,11-16H2,1-2H3. The fourth-order valence-electron chi connectivity index (χ4n) is 3.98. The number of ether oxygens (including phenoxy) is 1. The number of nitrogens with zero attached hydrogens (tertiary/aromatic N) is 3. The molecule has 1 amide bonds. The molecule has 1 saturated heterocycles. The zero-order chi connectivity index (χ0) is 24.3. The van der Waals surface area contributed by atoms with E-state index in [0.29, 0.717) is 29.9 Å². The Bertz CT molecular complexity index is 1250. The molecule has 0 aliphatic carbocycles. The third-order valence-electron chi connectivity index (χ3n) is 5.95. The minimum Gasteiger partial charge on any atom is -0.379 e. The molecule has 3 aromatic rings. The molecule has 1 aliphatic heterocycles. The van der Waals surface area contributed by atoms with Crippen LogP contribution in [0.1, 0.15) is 29.3 Å². The number of morpholine rings is 1. The van der Waals surface area contributed by atoms with Gasteiger partial charge >= 0.3 is 0 Å².